The molecule has 0 aliphatic rings. The standard InChI is InChI=1S/C20H21N3O/c1-17-11-13-19(14-12-17)21-16-20(24)23-22-15-7-3-6-10-18-8-4-2-5-9-18/h2-15,21H,16H2,1H3,(H,23,24)/b7-3+,10-6+,22-15-. The molecular weight excluding hydrogens is 298 g/mol. The van der Waals surface area contributed by atoms with Crippen molar-refractivity contribution < 1.29 is 4.79 Å². The van der Waals surface area contributed by atoms with Gasteiger partial charge in [0.25, 0.3) is 5.91 Å². The van der Waals surface area contributed by atoms with Gasteiger partial charge >= 0.3 is 0 Å². The summed E-state index contributed by atoms with van der Waals surface area (Å²) in [5.41, 5.74) is 5.69. The molecule has 0 fully saturated rings. The van der Waals surface area contributed by atoms with Gasteiger partial charge in [-0.25, -0.2) is 5.43 Å². The SMILES string of the molecule is Cc1ccc(NCC(=O)N\N=C/C=C/C=C/c2ccccc2)cc1. The third-order valence-electron chi connectivity index (χ3n) is 3.16. The summed E-state index contributed by atoms with van der Waals surface area (Å²) in [6, 6.07) is 17.9. The fourth-order valence-corrected chi connectivity index (χ4v) is 1.89. The second-order valence-corrected chi connectivity index (χ2v) is 5.19. The third kappa shape index (κ3) is 6.75. The number of amides is 1. The lowest BCUT2D eigenvalue weighted by Gasteiger charge is -2.05. The number of hydrogen-bond acceptors (Lipinski definition) is 3. The smallest absolute Gasteiger partial charge is 0.259 e. The summed E-state index contributed by atoms with van der Waals surface area (Å²) < 4.78 is 0. The number of nitrogens with zero attached hydrogens (tertiary/aromatic N) is 1. The molecule has 0 radical (unpaired) electrons. The Kier molecular flexibility index (Phi) is 7.02. The molecule has 1 amide bonds. The molecule has 122 valence electrons. The second kappa shape index (κ2) is 9.79. The topological polar surface area (TPSA) is 53.5 Å². The summed E-state index contributed by atoms with van der Waals surface area (Å²) in [5.74, 6) is -0.194. The summed E-state index contributed by atoms with van der Waals surface area (Å²) in [5, 5.41) is 6.89. The van der Waals surface area contributed by atoms with Crippen LogP contribution in [0.1, 0.15) is 11.1 Å². The van der Waals surface area contributed by atoms with E-state index < -0.39 is 0 Å². The predicted molar refractivity (Wildman–Crippen MR) is 101 cm³/mol. The van der Waals surface area contributed by atoms with Gasteiger partial charge in [-0.2, -0.15) is 5.10 Å². The zero-order valence-corrected chi connectivity index (χ0v) is 13.6. The molecule has 0 heterocycles. The lowest BCUT2D eigenvalue weighted by atomic mass is 10.2. The molecule has 0 atom stereocenters. The molecule has 0 bridgehead atoms. The molecule has 24 heavy (non-hydrogen) atoms. The molecule has 4 nitrogen and oxygen atoms in total. The van der Waals surface area contributed by atoms with Crippen molar-refractivity contribution in [2.45, 2.75) is 6.92 Å². The fraction of sp³-hybridized carbons (Fsp3) is 0.100. The maximum atomic E-state index is 11.6. The van der Waals surface area contributed by atoms with Crippen LogP contribution >= 0.6 is 0 Å². The number of carbonyl (C=O) groups excluding carboxylic acids is 1. The average Bonchev–Trinajstić information content (AvgIpc) is 2.61. The molecule has 0 saturated carbocycles. The van der Waals surface area contributed by atoms with Crippen molar-refractivity contribution in [3.63, 3.8) is 0 Å². The Balaban J connectivity index is 1.65. The van der Waals surface area contributed by atoms with Gasteiger partial charge in [-0.05, 0) is 30.7 Å². The van der Waals surface area contributed by atoms with Gasteiger partial charge in [-0.1, -0.05) is 66.3 Å². The first-order valence-corrected chi connectivity index (χ1v) is 7.75. The average molecular weight is 319 g/mol. The van der Waals surface area contributed by atoms with Crippen LogP contribution in [-0.4, -0.2) is 18.7 Å². The van der Waals surface area contributed by atoms with Crippen molar-refractivity contribution >= 4 is 23.9 Å². The van der Waals surface area contributed by atoms with Crippen LogP contribution in [-0.2, 0) is 4.79 Å². The number of carbonyl (C=O) groups is 1. The molecule has 0 spiro atoms. The highest BCUT2D eigenvalue weighted by atomic mass is 16.2. The normalized spacial score (nSPS) is 11.4. The Bertz CT molecular complexity index is 716. The van der Waals surface area contributed by atoms with Crippen molar-refractivity contribution in [3.8, 4) is 0 Å². The van der Waals surface area contributed by atoms with E-state index >= 15 is 0 Å². The van der Waals surface area contributed by atoms with E-state index in [1.54, 1.807) is 12.3 Å². The third-order valence-corrected chi connectivity index (χ3v) is 3.16. The minimum Gasteiger partial charge on any atom is -0.376 e. The van der Waals surface area contributed by atoms with E-state index in [-0.39, 0.29) is 12.5 Å². The lowest BCUT2D eigenvalue weighted by Crippen LogP contribution is -2.25. The van der Waals surface area contributed by atoms with Gasteiger partial charge in [0.05, 0.1) is 6.54 Å². The van der Waals surface area contributed by atoms with E-state index in [0.717, 1.165) is 11.3 Å². The summed E-state index contributed by atoms with van der Waals surface area (Å²) in [6.45, 7) is 2.20. The van der Waals surface area contributed by atoms with Crippen LogP contribution in [0.4, 0.5) is 5.69 Å². The van der Waals surface area contributed by atoms with Crippen LogP contribution in [0.25, 0.3) is 6.08 Å². The highest BCUT2D eigenvalue weighted by Gasteiger charge is 1.98. The van der Waals surface area contributed by atoms with Gasteiger partial charge in [0, 0.05) is 11.9 Å². The Hall–Kier alpha value is -3.14. The van der Waals surface area contributed by atoms with Crippen LogP contribution in [0.3, 0.4) is 0 Å². The van der Waals surface area contributed by atoms with Crippen LogP contribution in [0.5, 0.6) is 0 Å². The van der Waals surface area contributed by atoms with Crippen molar-refractivity contribution in [1.82, 2.24) is 5.43 Å². The molecule has 0 saturated heterocycles. The first kappa shape index (κ1) is 17.2. The van der Waals surface area contributed by atoms with Crippen molar-refractivity contribution in [2.24, 2.45) is 5.10 Å². The van der Waals surface area contributed by atoms with E-state index in [4.69, 9.17) is 0 Å². The van der Waals surface area contributed by atoms with Gasteiger partial charge in [0.15, 0.2) is 0 Å². The van der Waals surface area contributed by atoms with Crippen LogP contribution in [0.2, 0.25) is 0 Å². The van der Waals surface area contributed by atoms with Crippen molar-refractivity contribution in [3.05, 3.63) is 84.0 Å². The highest BCUT2D eigenvalue weighted by molar-refractivity contribution is 5.82. The van der Waals surface area contributed by atoms with Gasteiger partial charge in [0.2, 0.25) is 0 Å². The van der Waals surface area contributed by atoms with E-state index in [2.05, 4.69) is 15.8 Å². The number of benzene rings is 2. The van der Waals surface area contributed by atoms with E-state index in [1.165, 1.54) is 5.56 Å². The number of hydrazone groups is 1. The maximum Gasteiger partial charge on any atom is 0.259 e. The Morgan fingerprint density at radius 2 is 1.75 bits per heavy atom. The van der Waals surface area contributed by atoms with Crippen molar-refractivity contribution in [1.29, 1.82) is 0 Å². The Labute approximate surface area is 142 Å². The van der Waals surface area contributed by atoms with Crippen LogP contribution < -0.4 is 10.7 Å². The molecule has 0 aliphatic carbocycles. The summed E-state index contributed by atoms with van der Waals surface area (Å²) in [4.78, 5) is 11.6. The Morgan fingerprint density at radius 1 is 1.00 bits per heavy atom. The highest BCUT2D eigenvalue weighted by Crippen LogP contribution is 2.07. The van der Waals surface area contributed by atoms with Crippen LogP contribution in [0, 0.1) is 6.92 Å². The monoisotopic (exact) mass is 319 g/mol. The lowest BCUT2D eigenvalue weighted by molar-refractivity contribution is -0.119. The largest absolute Gasteiger partial charge is 0.376 e. The first-order chi connectivity index (χ1) is 11.7. The molecule has 2 rings (SSSR count). The van der Waals surface area contributed by atoms with Gasteiger partial charge in [-0.3, -0.25) is 4.79 Å². The molecule has 2 aromatic carbocycles. The number of anilines is 1. The quantitative estimate of drug-likeness (QED) is 0.463. The number of allylic oxidation sites excluding steroid dienone is 3. The molecule has 0 unspecified atom stereocenters. The fourth-order valence-electron chi connectivity index (χ4n) is 1.89. The predicted octanol–water partition coefficient (Wildman–Crippen LogP) is 3.78. The zero-order valence-electron chi connectivity index (χ0n) is 13.6. The summed E-state index contributed by atoms with van der Waals surface area (Å²) in [6.07, 6.45) is 9.07. The second-order valence-electron chi connectivity index (χ2n) is 5.19. The zero-order chi connectivity index (χ0) is 17.0. The molecule has 4 heteroatoms. The molecule has 0 aliphatic heterocycles. The van der Waals surface area contributed by atoms with Gasteiger partial charge in [0.1, 0.15) is 0 Å². The maximum absolute atomic E-state index is 11.6. The number of nitrogens with one attached hydrogen (secondary N) is 2. The molecular formula is C20H21N3O. The van der Waals surface area contributed by atoms with Crippen molar-refractivity contribution in [2.75, 3.05) is 11.9 Å². The molecule has 0 aromatic heterocycles. The van der Waals surface area contributed by atoms with E-state index in [0.29, 0.717) is 0 Å². The van der Waals surface area contributed by atoms with E-state index in [1.807, 2.05) is 79.7 Å². The van der Waals surface area contributed by atoms with Gasteiger partial charge < -0.3 is 5.32 Å². The number of hydrogen-bond donors (Lipinski definition) is 2. The van der Waals surface area contributed by atoms with Crippen LogP contribution in [0.15, 0.2) is 77.9 Å². The number of aryl methyl sites for hydroxylation is 1. The summed E-state index contributed by atoms with van der Waals surface area (Å²) >= 11 is 0. The minimum atomic E-state index is -0.194. The first-order valence-electron chi connectivity index (χ1n) is 7.75. The van der Waals surface area contributed by atoms with E-state index in [9.17, 15) is 4.79 Å². The molecule has 2 aromatic rings. The Morgan fingerprint density at radius 3 is 2.50 bits per heavy atom. The molecule has 2 N–H and O–H groups in total. The summed E-state index contributed by atoms with van der Waals surface area (Å²) in [7, 11) is 0. The van der Waals surface area contributed by atoms with Gasteiger partial charge in [-0.15, -0.1) is 0 Å². The number of rotatable bonds is 7. The minimum absolute atomic E-state index is 0.179.